The molecule has 92 valence electrons. The van der Waals surface area contributed by atoms with Crippen molar-refractivity contribution in [3.63, 3.8) is 0 Å². The molecule has 0 atom stereocenters. The number of nitro groups is 1. The summed E-state index contributed by atoms with van der Waals surface area (Å²) >= 11 is 5.28. The van der Waals surface area contributed by atoms with Crippen molar-refractivity contribution in [1.29, 1.82) is 0 Å². The second-order valence-corrected chi connectivity index (χ2v) is 4.04. The van der Waals surface area contributed by atoms with Crippen LogP contribution in [-0.2, 0) is 0 Å². The minimum atomic E-state index is -0.704. The Kier molecular flexibility index (Phi) is 3.16. The predicted octanol–water partition coefficient (Wildman–Crippen LogP) is 3.54. The van der Waals surface area contributed by atoms with Gasteiger partial charge in [-0.1, -0.05) is 6.07 Å². The Labute approximate surface area is 107 Å². The van der Waals surface area contributed by atoms with Gasteiger partial charge in [0.2, 0.25) is 0 Å². The molecule has 0 saturated carbocycles. The number of non-ortho nitro benzene ring substituents is 1. The molecule has 0 bridgehead atoms. The molecule has 6 heteroatoms. The standard InChI is InChI=1S/C12H8ClNO4/c1-7-2-3-8(14(16)17)6-9(7)10-4-5-11(18-10)12(13)15/h2-6H,1H3. The van der Waals surface area contributed by atoms with Gasteiger partial charge in [0.25, 0.3) is 10.9 Å². The van der Waals surface area contributed by atoms with E-state index in [1.54, 1.807) is 19.1 Å². The van der Waals surface area contributed by atoms with Crippen LogP contribution in [0.3, 0.4) is 0 Å². The van der Waals surface area contributed by atoms with E-state index >= 15 is 0 Å². The average Bonchev–Trinajstić information content (AvgIpc) is 2.78. The fraction of sp³-hybridized carbons (Fsp3) is 0.0833. The Hall–Kier alpha value is -2.14. The maximum Gasteiger partial charge on any atom is 0.287 e. The zero-order chi connectivity index (χ0) is 13.3. The maximum absolute atomic E-state index is 10.9. The van der Waals surface area contributed by atoms with Crippen LogP contribution < -0.4 is 0 Å². The summed E-state index contributed by atoms with van der Waals surface area (Å²) < 4.78 is 5.24. The van der Waals surface area contributed by atoms with E-state index < -0.39 is 10.2 Å². The smallest absolute Gasteiger partial charge is 0.287 e. The van der Waals surface area contributed by atoms with Crippen LogP contribution in [0.5, 0.6) is 0 Å². The van der Waals surface area contributed by atoms with E-state index in [0.717, 1.165) is 5.56 Å². The van der Waals surface area contributed by atoms with Crippen molar-refractivity contribution >= 4 is 22.5 Å². The van der Waals surface area contributed by atoms with Gasteiger partial charge in [0.15, 0.2) is 5.76 Å². The third-order valence-corrected chi connectivity index (χ3v) is 2.68. The molecule has 1 aromatic heterocycles. The fourth-order valence-electron chi connectivity index (χ4n) is 1.58. The molecule has 0 aliphatic rings. The van der Waals surface area contributed by atoms with E-state index in [2.05, 4.69) is 0 Å². The van der Waals surface area contributed by atoms with Gasteiger partial charge in [-0.2, -0.15) is 0 Å². The Morgan fingerprint density at radius 3 is 2.61 bits per heavy atom. The van der Waals surface area contributed by atoms with E-state index in [9.17, 15) is 14.9 Å². The monoisotopic (exact) mass is 265 g/mol. The lowest BCUT2D eigenvalue weighted by molar-refractivity contribution is -0.384. The molecule has 1 aromatic carbocycles. The van der Waals surface area contributed by atoms with Gasteiger partial charge in [-0.15, -0.1) is 0 Å². The molecule has 0 unspecified atom stereocenters. The van der Waals surface area contributed by atoms with Crippen LogP contribution in [0.1, 0.15) is 16.1 Å². The van der Waals surface area contributed by atoms with Gasteiger partial charge >= 0.3 is 0 Å². The van der Waals surface area contributed by atoms with E-state index in [1.165, 1.54) is 18.2 Å². The fourth-order valence-corrected chi connectivity index (χ4v) is 1.68. The number of rotatable bonds is 3. The molecular formula is C12H8ClNO4. The van der Waals surface area contributed by atoms with Gasteiger partial charge in [0, 0.05) is 17.7 Å². The Morgan fingerprint density at radius 2 is 2.06 bits per heavy atom. The SMILES string of the molecule is Cc1ccc([N+](=O)[O-])cc1-c1ccc(C(=O)Cl)o1. The number of hydrogen-bond donors (Lipinski definition) is 0. The van der Waals surface area contributed by atoms with Crippen LogP contribution in [0, 0.1) is 17.0 Å². The summed E-state index contributed by atoms with van der Waals surface area (Å²) in [6, 6.07) is 7.43. The first-order valence-electron chi connectivity index (χ1n) is 5.04. The minimum absolute atomic E-state index is 0.0116. The van der Waals surface area contributed by atoms with E-state index in [0.29, 0.717) is 11.3 Å². The molecule has 0 N–H and O–H groups in total. The molecule has 0 saturated heterocycles. The Balaban J connectivity index is 2.51. The van der Waals surface area contributed by atoms with Crippen LogP contribution in [0.4, 0.5) is 5.69 Å². The zero-order valence-corrected chi connectivity index (χ0v) is 10.1. The van der Waals surface area contributed by atoms with Gasteiger partial charge in [-0.05, 0) is 36.2 Å². The van der Waals surface area contributed by atoms with Gasteiger partial charge in [0.1, 0.15) is 5.76 Å². The van der Waals surface area contributed by atoms with E-state index in [-0.39, 0.29) is 11.4 Å². The third kappa shape index (κ3) is 2.26. The molecule has 5 nitrogen and oxygen atoms in total. The first-order chi connectivity index (χ1) is 8.49. The van der Waals surface area contributed by atoms with Crippen molar-refractivity contribution in [2.45, 2.75) is 6.92 Å². The summed E-state index contributed by atoms with van der Waals surface area (Å²) in [7, 11) is 0. The lowest BCUT2D eigenvalue weighted by Crippen LogP contribution is -1.90. The molecule has 0 radical (unpaired) electrons. The van der Waals surface area contributed by atoms with Crippen molar-refractivity contribution in [3.8, 4) is 11.3 Å². The molecule has 18 heavy (non-hydrogen) atoms. The number of nitro benzene ring substituents is 1. The number of benzene rings is 1. The van der Waals surface area contributed by atoms with Crippen LogP contribution in [-0.4, -0.2) is 10.2 Å². The zero-order valence-electron chi connectivity index (χ0n) is 9.34. The second kappa shape index (κ2) is 4.62. The van der Waals surface area contributed by atoms with Crippen molar-refractivity contribution in [2.24, 2.45) is 0 Å². The summed E-state index contributed by atoms with van der Waals surface area (Å²) in [6.07, 6.45) is 0. The predicted molar refractivity (Wildman–Crippen MR) is 65.7 cm³/mol. The number of nitrogens with zero attached hydrogens (tertiary/aromatic N) is 1. The van der Waals surface area contributed by atoms with Crippen molar-refractivity contribution in [2.75, 3.05) is 0 Å². The molecule has 0 amide bonds. The molecule has 0 aliphatic carbocycles. The highest BCUT2D eigenvalue weighted by atomic mass is 35.5. The molecular weight excluding hydrogens is 258 g/mol. The van der Waals surface area contributed by atoms with Crippen LogP contribution in [0.25, 0.3) is 11.3 Å². The van der Waals surface area contributed by atoms with Crippen molar-refractivity contribution in [3.05, 3.63) is 51.8 Å². The first kappa shape index (κ1) is 12.3. The number of aryl methyl sites for hydroxylation is 1. The van der Waals surface area contributed by atoms with Crippen LogP contribution in [0.15, 0.2) is 34.7 Å². The normalized spacial score (nSPS) is 10.3. The summed E-state index contributed by atoms with van der Waals surface area (Å²) in [5, 5.41) is 10.0. The lowest BCUT2D eigenvalue weighted by Gasteiger charge is -2.02. The lowest BCUT2D eigenvalue weighted by atomic mass is 10.1. The van der Waals surface area contributed by atoms with E-state index in [4.69, 9.17) is 16.0 Å². The third-order valence-electron chi connectivity index (χ3n) is 2.50. The highest BCUT2D eigenvalue weighted by Crippen LogP contribution is 2.29. The number of hydrogen-bond acceptors (Lipinski definition) is 4. The number of carbonyl (C=O) groups excluding carboxylic acids is 1. The Morgan fingerprint density at radius 1 is 1.33 bits per heavy atom. The molecule has 1 heterocycles. The quantitative estimate of drug-likeness (QED) is 0.483. The number of carbonyl (C=O) groups is 1. The van der Waals surface area contributed by atoms with Gasteiger partial charge in [0.05, 0.1) is 4.92 Å². The molecule has 2 aromatic rings. The topological polar surface area (TPSA) is 73.3 Å². The largest absolute Gasteiger partial charge is 0.452 e. The van der Waals surface area contributed by atoms with E-state index in [1.807, 2.05) is 0 Å². The van der Waals surface area contributed by atoms with Gasteiger partial charge < -0.3 is 4.42 Å². The summed E-state index contributed by atoms with van der Waals surface area (Å²) in [4.78, 5) is 21.1. The average molecular weight is 266 g/mol. The maximum atomic E-state index is 10.9. The highest BCUT2D eigenvalue weighted by molar-refractivity contribution is 6.67. The van der Waals surface area contributed by atoms with Gasteiger partial charge in [-0.3, -0.25) is 14.9 Å². The minimum Gasteiger partial charge on any atom is -0.452 e. The molecule has 0 fully saturated rings. The number of furan rings is 1. The summed E-state index contributed by atoms with van der Waals surface area (Å²) in [5.74, 6) is 0.387. The highest BCUT2D eigenvalue weighted by Gasteiger charge is 2.14. The van der Waals surface area contributed by atoms with Gasteiger partial charge in [-0.25, -0.2) is 0 Å². The molecule has 2 rings (SSSR count). The van der Waals surface area contributed by atoms with Crippen LogP contribution in [0.2, 0.25) is 0 Å². The first-order valence-corrected chi connectivity index (χ1v) is 5.42. The van der Waals surface area contributed by atoms with Crippen molar-refractivity contribution < 1.29 is 14.1 Å². The molecule has 0 aliphatic heterocycles. The summed E-state index contributed by atoms with van der Waals surface area (Å²) in [5.41, 5.74) is 1.34. The Bertz CT molecular complexity index is 633. The molecule has 0 spiro atoms. The second-order valence-electron chi connectivity index (χ2n) is 3.69. The number of halogens is 1. The summed E-state index contributed by atoms with van der Waals surface area (Å²) in [6.45, 7) is 1.80. The van der Waals surface area contributed by atoms with Crippen LogP contribution >= 0.6 is 11.6 Å². The van der Waals surface area contributed by atoms with Crippen molar-refractivity contribution in [1.82, 2.24) is 0 Å².